The summed E-state index contributed by atoms with van der Waals surface area (Å²) in [5, 5.41) is 2.95. The van der Waals surface area contributed by atoms with Gasteiger partial charge in [-0.1, -0.05) is 13.0 Å². The van der Waals surface area contributed by atoms with Gasteiger partial charge in [-0.25, -0.2) is 0 Å². The van der Waals surface area contributed by atoms with Crippen molar-refractivity contribution in [1.82, 2.24) is 5.32 Å². The van der Waals surface area contributed by atoms with Crippen LogP contribution in [-0.4, -0.2) is 30.1 Å². The average molecular weight is 282 g/mol. The van der Waals surface area contributed by atoms with Crippen molar-refractivity contribution in [3.63, 3.8) is 0 Å². The molecule has 1 amide bonds. The Morgan fingerprint density at radius 1 is 1.47 bits per heavy atom. The molecule has 0 radical (unpaired) electrons. The summed E-state index contributed by atoms with van der Waals surface area (Å²) in [6.45, 7) is 6.47. The van der Waals surface area contributed by atoms with Crippen LogP contribution in [0.25, 0.3) is 0 Å². The lowest BCUT2D eigenvalue weighted by molar-refractivity contribution is 0.0941. The summed E-state index contributed by atoms with van der Waals surface area (Å²) < 4.78 is 5.46. The van der Waals surface area contributed by atoms with E-state index in [4.69, 9.17) is 10.5 Å². The van der Waals surface area contributed by atoms with Crippen molar-refractivity contribution in [2.45, 2.75) is 26.8 Å². The number of nitrogens with two attached hydrogens (primary N) is 1. The van der Waals surface area contributed by atoms with Crippen molar-refractivity contribution < 1.29 is 9.53 Å². The number of carbonyl (C=O) groups is 1. The molecule has 0 saturated carbocycles. The molecular weight excluding hydrogens is 260 g/mol. The highest BCUT2D eigenvalue weighted by Gasteiger charge is 2.17. The fourth-order valence-electron chi connectivity index (χ4n) is 1.70. The van der Waals surface area contributed by atoms with Gasteiger partial charge in [-0.2, -0.15) is 11.8 Å². The third kappa shape index (κ3) is 4.67. The van der Waals surface area contributed by atoms with Crippen molar-refractivity contribution in [1.29, 1.82) is 0 Å². The lowest BCUT2D eigenvalue weighted by Gasteiger charge is -2.16. The monoisotopic (exact) mass is 282 g/mol. The van der Waals surface area contributed by atoms with E-state index < -0.39 is 0 Å². The number of carbonyl (C=O) groups excluding carboxylic acids is 1. The number of thioether (sulfide) groups is 1. The van der Waals surface area contributed by atoms with Gasteiger partial charge in [0.25, 0.3) is 5.91 Å². The number of benzene rings is 1. The fraction of sp³-hybridized carbons (Fsp3) is 0.500. The lowest BCUT2D eigenvalue weighted by atomic mass is 10.1. The maximum Gasteiger partial charge on any atom is 0.257 e. The molecule has 0 saturated heterocycles. The van der Waals surface area contributed by atoms with Crippen molar-refractivity contribution in [3.05, 3.63) is 23.8 Å². The molecule has 1 rings (SSSR count). The third-order valence-electron chi connectivity index (χ3n) is 2.53. The summed E-state index contributed by atoms with van der Waals surface area (Å²) in [6.07, 6.45) is 0. The molecule has 5 heteroatoms. The minimum absolute atomic E-state index is 0.103. The van der Waals surface area contributed by atoms with Crippen molar-refractivity contribution >= 4 is 23.4 Å². The molecule has 106 valence electrons. The minimum Gasteiger partial charge on any atom is -0.493 e. The van der Waals surface area contributed by atoms with E-state index in [-0.39, 0.29) is 11.9 Å². The van der Waals surface area contributed by atoms with Crippen LogP contribution >= 0.6 is 11.8 Å². The van der Waals surface area contributed by atoms with Crippen LogP contribution in [0, 0.1) is 0 Å². The molecule has 1 aromatic carbocycles. The highest BCUT2D eigenvalue weighted by molar-refractivity contribution is 7.99. The molecule has 0 spiro atoms. The van der Waals surface area contributed by atoms with Gasteiger partial charge in [0.2, 0.25) is 0 Å². The van der Waals surface area contributed by atoms with E-state index in [0.29, 0.717) is 23.6 Å². The van der Waals surface area contributed by atoms with E-state index in [1.165, 1.54) is 0 Å². The Balaban J connectivity index is 2.80. The lowest BCUT2D eigenvalue weighted by Crippen LogP contribution is -2.35. The predicted molar refractivity (Wildman–Crippen MR) is 82.0 cm³/mol. The summed E-state index contributed by atoms with van der Waals surface area (Å²) >= 11 is 1.79. The maximum absolute atomic E-state index is 12.3. The van der Waals surface area contributed by atoms with Gasteiger partial charge in [0.05, 0.1) is 6.61 Å². The zero-order chi connectivity index (χ0) is 14.3. The first kappa shape index (κ1) is 15.7. The molecule has 0 heterocycles. The smallest absolute Gasteiger partial charge is 0.257 e. The molecule has 4 nitrogen and oxygen atoms in total. The number of nitrogen functional groups attached to an aromatic ring is 1. The molecule has 1 aromatic rings. The highest BCUT2D eigenvalue weighted by Crippen LogP contribution is 2.24. The van der Waals surface area contributed by atoms with Gasteiger partial charge in [-0.15, -0.1) is 0 Å². The van der Waals surface area contributed by atoms with Crippen LogP contribution in [0.2, 0.25) is 0 Å². The van der Waals surface area contributed by atoms with Crippen molar-refractivity contribution in [3.8, 4) is 5.75 Å². The van der Waals surface area contributed by atoms with Crippen LogP contribution in [0.4, 0.5) is 5.69 Å². The second-order valence-corrected chi connectivity index (χ2v) is 5.51. The number of ether oxygens (including phenoxy) is 1. The molecule has 0 aliphatic rings. The Kier molecular flexibility index (Phi) is 6.56. The number of amides is 1. The molecule has 0 aliphatic carbocycles. The van der Waals surface area contributed by atoms with Crippen LogP contribution < -0.4 is 15.8 Å². The Morgan fingerprint density at radius 2 is 2.21 bits per heavy atom. The van der Waals surface area contributed by atoms with Crippen LogP contribution in [0.5, 0.6) is 5.75 Å². The van der Waals surface area contributed by atoms with Crippen molar-refractivity contribution in [2.24, 2.45) is 0 Å². The Bertz CT molecular complexity index is 424. The number of hydrogen-bond acceptors (Lipinski definition) is 4. The first-order valence-corrected chi connectivity index (χ1v) is 7.65. The topological polar surface area (TPSA) is 64.3 Å². The fourth-order valence-corrected chi connectivity index (χ4v) is 2.37. The number of nitrogens with one attached hydrogen (secondary N) is 1. The summed E-state index contributed by atoms with van der Waals surface area (Å²) in [7, 11) is 0. The van der Waals surface area contributed by atoms with Crippen LogP contribution in [0.3, 0.4) is 0 Å². The highest BCUT2D eigenvalue weighted by atomic mass is 32.2. The summed E-state index contributed by atoms with van der Waals surface area (Å²) in [4.78, 5) is 12.3. The predicted octanol–water partition coefficient (Wildman–Crippen LogP) is 2.54. The number of anilines is 1. The van der Waals surface area contributed by atoms with E-state index >= 15 is 0 Å². The molecule has 3 N–H and O–H groups in total. The van der Waals surface area contributed by atoms with Crippen molar-refractivity contribution in [2.75, 3.05) is 23.8 Å². The molecule has 19 heavy (non-hydrogen) atoms. The molecule has 1 unspecified atom stereocenters. The average Bonchev–Trinajstić information content (AvgIpc) is 2.36. The molecule has 0 bridgehead atoms. The van der Waals surface area contributed by atoms with Crippen LogP contribution in [0.1, 0.15) is 31.1 Å². The van der Waals surface area contributed by atoms with E-state index in [2.05, 4.69) is 12.2 Å². The van der Waals surface area contributed by atoms with E-state index in [1.54, 1.807) is 30.0 Å². The maximum atomic E-state index is 12.3. The van der Waals surface area contributed by atoms with Gasteiger partial charge in [0, 0.05) is 17.5 Å². The molecule has 1 atom stereocenters. The Labute approximate surface area is 119 Å². The summed E-state index contributed by atoms with van der Waals surface area (Å²) in [5.41, 5.74) is 6.75. The number of hydrogen-bond donors (Lipinski definition) is 2. The first-order chi connectivity index (χ1) is 9.10. The van der Waals surface area contributed by atoms with E-state index in [0.717, 1.165) is 11.5 Å². The standard InChI is InChI=1S/C14H22N2O2S/c1-4-18-12-8-6-7-11(15)13(12)14(17)16-10(3)9-19-5-2/h6-8,10H,4-5,9,15H2,1-3H3,(H,16,17). The normalized spacial score (nSPS) is 11.9. The molecule has 0 fully saturated rings. The first-order valence-electron chi connectivity index (χ1n) is 6.50. The Hall–Kier alpha value is -1.36. The summed E-state index contributed by atoms with van der Waals surface area (Å²) in [6, 6.07) is 5.36. The third-order valence-corrected chi connectivity index (χ3v) is 3.68. The van der Waals surface area contributed by atoms with E-state index in [9.17, 15) is 4.79 Å². The summed E-state index contributed by atoms with van der Waals surface area (Å²) in [5.74, 6) is 2.29. The van der Waals surface area contributed by atoms with E-state index in [1.807, 2.05) is 13.8 Å². The second-order valence-electron chi connectivity index (χ2n) is 4.19. The van der Waals surface area contributed by atoms with Gasteiger partial charge in [-0.05, 0) is 31.7 Å². The van der Waals surface area contributed by atoms with Crippen LogP contribution in [0.15, 0.2) is 18.2 Å². The molecule has 0 aromatic heterocycles. The Morgan fingerprint density at radius 3 is 2.84 bits per heavy atom. The zero-order valence-electron chi connectivity index (χ0n) is 11.7. The molecular formula is C14H22N2O2S. The SMILES string of the molecule is CCOc1cccc(N)c1C(=O)NC(C)CSCC. The van der Waals surface area contributed by atoms with Gasteiger partial charge in [-0.3, -0.25) is 4.79 Å². The van der Waals surface area contributed by atoms with Gasteiger partial charge in [0.15, 0.2) is 0 Å². The zero-order valence-corrected chi connectivity index (χ0v) is 12.5. The minimum atomic E-state index is -0.175. The largest absolute Gasteiger partial charge is 0.493 e. The quantitative estimate of drug-likeness (QED) is 0.754. The van der Waals surface area contributed by atoms with Gasteiger partial charge < -0.3 is 15.8 Å². The molecule has 0 aliphatic heterocycles. The van der Waals surface area contributed by atoms with Crippen LogP contribution in [-0.2, 0) is 0 Å². The van der Waals surface area contributed by atoms with Gasteiger partial charge in [0.1, 0.15) is 11.3 Å². The van der Waals surface area contributed by atoms with Gasteiger partial charge >= 0.3 is 0 Å². The number of rotatable bonds is 7. The second kappa shape index (κ2) is 7.94.